The van der Waals surface area contributed by atoms with Crippen molar-refractivity contribution in [2.75, 3.05) is 11.5 Å². The largest absolute Gasteiger partial charge is 0.327 e. The highest BCUT2D eigenvalue weighted by molar-refractivity contribution is 7.99. The Bertz CT molecular complexity index is 353. The highest BCUT2D eigenvalue weighted by atomic mass is 32.2. The van der Waals surface area contributed by atoms with Crippen molar-refractivity contribution in [1.82, 2.24) is 0 Å². The molecule has 1 aliphatic heterocycles. The molecule has 0 bridgehead atoms. The van der Waals surface area contributed by atoms with Gasteiger partial charge in [-0.05, 0) is 48.3 Å². The summed E-state index contributed by atoms with van der Waals surface area (Å²) in [7, 11) is 0. The van der Waals surface area contributed by atoms with Crippen LogP contribution in [0.4, 0.5) is 4.39 Å². The number of halogens is 1. The number of rotatable bonds is 2. The van der Waals surface area contributed by atoms with Gasteiger partial charge in [-0.1, -0.05) is 6.07 Å². The van der Waals surface area contributed by atoms with Crippen LogP contribution >= 0.6 is 11.8 Å². The number of thioether (sulfide) groups is 1. The van der Waals surface area contributed by atoms with Crippen molar-refractivity contribution in [3.63, 3.8) is 0 Å². The lowest BCUT2D eigenvalue weighted by molar-refractivity contribution is 0.513. The zero-order valence-electron chi connectivity index (χ0n) is 8.87. The third kappa shape index (κ3) is 2.52. The van der Waals surface area contributed by atoms with Gasteiger partial charge in [-0.15, -0.1) is 0 Å². The first-order valence-electron chi connectivity index (χ1n) is 5.25. The standard InChI is InChI=1S/C12H16FNS/c1-8-4-11(13)3-2-9(8)5-10-6-15-7-12(10)14/h2-4,10,12H,5-7,14H2,1H3. The number of nitrogens with two attached hydrogens (primary N) is 1. The first-order chi connectivity index (χ1) is 7.16. The lowest BCUT2D eigenvalue weighted by Gasteiger charge is -2.15. The Kier molecular flexibility index (Phi) is 3.32. The second kappa shape index (κ2) is 4.54. The minimum Gasteiger partial charge on any atom is -0.327 e. The topological polar surface area (TPSA) is 26.0 Å². The Hall–Kier alpha value is -0.540. The molecule has 2 rings (SSSR count). The third-order valence-electron chi connectivity index (χ3n) is 3.03. The normalized spacial score (nSPS) is 25.8. The Balaban J connectivity index is 2.10. The Morgan fingerprint density at radius 2 is 2.27 bits per heavy atom. The summed E-state index contributed by atoms with van der Waals surface area (Å²) in [4.78, 5) is 0. The molecule has 0 aliphatic carbocycles. The van der Waals surface area contributed by atoms with Gasteiger partial charge in [0.15, 0.2) is 0 Å². The number of hydrogen-bond donors (Lipinski definition) is 1. The molecule has 0 saturated carbocycles. The highest BCUT2D eigenvalue weighted by Gasteiger charge is 2.24. The zero-order valence-corrected chi connectivity index (χ0v) is 9.69. The summed E-state index contributed by atoms with van der Waals surface area (Å²) in [6, 6.07) is 5.33. The van der Waals surface area contributed by atoms with E-state index in [-0.39, 0.29) is 5.82 Å². The monoisotopic (exact) mass is 225 g/mol. The van der Waals surface area contributed by atoms with Gasteiger partial charge in [-0.2, -0.15) is 11.8 Å². The first kappa shape index (κ1) is 11.0. The predicted octanol–water partition coefficient (Wildman–Crippen LogP) is 2.37. The van der Waals surface area contributed by atoms with Crippen LogP contribution in [0.15, 0.2) is 18.2 Å². The number of hydrogen-bond acceptors (Lipinski definition) is 2. The summed E-state index contributed by atoms with van der Waals surface area (Å²) in [5.74, 6) is 2.60. The maximum atomic E-state index is 12.9. The molecule has 2 N–H and O–H groups in total. The van der Waals surface area contributed by atoms with Gasteiger partial charge in [0.25, 0.3) is 0 Å². The van der Waals surface area contributed by atoms with Crippen molar-refractivity contribution in [3.05, 3.63) is 35.1 Å². The minimum atomic E-state index is -0.152. The fraction of sp³-hybridized carbons (Fsp3) is 0.500. The molecule has 1 aliphatic rings. The molecule has 1 saturated heterocycles. The fourth-order valence-corrected chi connectivity index (χ4v) is 3.34. The van der Waals surface area contributed by atoms with Gasteiger partial charge >= 0.3 is 0 Å². The van der Waals surface area contributed by atoms with Crippen molar-refractivity contribution in [2.45, 2.75) is 19.4 Å². The van der Waals surface area contributed by atoms with Crippen LogP contribution in [-0.2, 0) is 6.42 Å². The lowest BCUT2D eigenvalue weighted by atomic mass is 9.93. The third-order valence-corrected chi connectivity index (χ3v) is 4.32. The Labute approximate surface area is 94.2 Å². The lowest BCUT2D eigenvalue weighted by Crippen LogP contribution is -2.29. The second-order valence-electron chi connectivity index (χ2n) is 4.24. The molecule has 0 spiro atoms. The van der Waals surface area contributed by atoms with Crippen LogP contribution in [0.2, 0.25) is 0 Å². The smallest absolute Gasteiger partial charge is 0.123 e. The average molecular weight is 225 g/mol. The van der Waals surface area contributed by atoms with Gasteiger partial charge in [0.2, 0.25) is 0 Å². The van der Waals surface area contributed by atoms with Crippen LogP contribution in [-0.4, -0.2) is 17.5 Å². The van der Waals surface area contributed by atoms with E-state index in [4.69, 9.17) is 5.73 Å². The van der Waals surface area contributed by atoms with E-state index in [1.165, 1.54) is 11.6 Å². The maximum absolute atomic E-state index is 12.9. The molecule has 0 radical (unpaired) electrons. The molecule has 2 atom stereocenters. The van der Waals surface area contributed by atoms with Crippen LogP contribution in [0.1, 0.15) is 11.1 Å². The van der Waals surface area contributed by atoms with Crippen LogP contribution in [0, 0.1) is 18.7 Å². The molecule has 3 heteroatoms. The van der Waals surface area contributed by atoms with E-state index in [2.05, 4.69) is 0 Å². The number of aryl methyl sites for hydroxylation is 1. The van der Waals surface area contributed by atoms with Crippen molar-refractivity contribution in [1.29, 1.82) is 0 Å². The molecule has 1 aromatic rings. The van der Waals surface area contributed by atoms with Gasteiger partial charge in [0.05, 0.1) is 0 Å². The van der Waals surface area contributed by atoms with Crippen molar-refractivity contribution in [2.24, 2.45) is 11.7 Å². The van der Waals surface area contributed by atoms with Crippen LogP contribution in [0.3, 0.4) is 0 Å². The molecule has 2 unspecified atom stereocenters. The van der Waals surface area contributed by atoms with Crippen LogP contribution in [0.25, 0.3) is 0 Å². The number of benzene rings is 1. The SMILES string of the molecule is Cc1cc(F)ccc1CC1CSCC1N. The van der Waals surface area contributed by atoms with E-state index in [0.29, 0.717) is 12.0 Å². The van der Waals surface area contributed by atoms with Gasteiger partial charge in [0.1, 0.15) is 5.82 Å². The van der Waals surface area contributed by atoms with Gasteiger partial charge in [-0.25, -0.2) is 4.39 Å². The van der Waals surface area contributed by atoms with E-state index in [0.717, 1.165) is 23.5 Å². The summed E-state index contributed by atoms with van der Waals surface area (Å²) in [6.07, 6.45) is 0.986. The van der Waals surface area contributed by atoms with Crippen LogP contribution < -0.4 is 5.73 Å². The van der Waals surface area contributed by atoms with Crippen molar-refractivity contribution in [3.8, 4) is 0 Å². The van der Waals surface area contributed by atoms with Gasteiger partial charge < -0.3 is 5.73 Å². The Morgan fingerprint density at radius 3 is 2.87 bits per heavy atom. The second-order valence-corrected chi connectivity index (χ2v) is 5.31. The van der Waals surface area contributed by atoms with E-state index in [9.17, 15) is 4.39 Å². The van der Waals surface area contributed by atoms with E-state index >= 15 is 0 Å². The molecule has 1 fully saturated rings. The summed E-state index contributed by atoms with van der Waals surface area (Å²) in [6.45, 7) is 1.96. The molecule has 1 aromatic carbocycles. The Morgan fingerprint density at radius 1 is 1.47 bits per heavy atom. The quantitative estimate of drug-likeness (QED) is 0.836. The minimum absolute atomic E-state index is 0.152. The average Bonchev–Trinajstić information content (AvgIpc) is 2.57. The van der Waals surface area contributed by atoms with Crippen molar-refractivity contribution >= 4 is 11.8 Å². The summed E-state index contributed by atoms with van der Waals surface area (Å²) in [5.41, 5.74) is 8.29. The molecule has 0 aromatic heterocycles. The maximum Gasteiger partial charge on any atom is 0.123 e. The summed E-state index contributed by atoms with van der Waals surface area (Å²) in [5, 5.41) is 0. The molecule has 1 nitrogen and oxygen atoms in total. The van der Waals surface area contributed by atoms with Gasteiger partial charge in [-0.3, -0.25) is 0 Å². The molecule has 82 valence electrons. The fourth-order valence-electron chi connectivity index (χ4n) is 2.00. The molecule has 0 amide bonds. The zero-order chi connectivity index (χ0) is 10.8. The molecule has 15 heavy (non-hydrogen) atoms. The van der Waals surface area contributed by atoms with E-state index < -0.39 is 0 Å². The highest BCUT2D eigenvalue weighted by Crippen LogP contribution is 2.27. The first-order valence-corrected chi connectivity index (χ1v) is 6.40. The van der Waals surface area contributed by atoms with E-state index in [1.54, 1.807) is 6.07 Å². The molecule has 1 heterocycles. The van der Waals surface area contributed by atoms with Gasteiger partial charge in [0, 0.05) is 11.8 Å². The molecular weight excluding hydrogens is 209 g/mol. The van der Waals surface area contributed by atoms with Crippen molar-refractivity contribution < 1.29 is 4.39 Å². The van der Waals surface area contributed by atoms with E-state index in [1.807, 2.05) is 24.8 Å². The molecular formula is C12H16FNS. The predicted molar refractivity (Wildman–Crippen MR) is 63.6 cm³/mol. The summed E-state index contributed by atoms with van der Waals surface area (Å²) >= 11 is 1.92. The summed E-state index contributed by atoms with van der Waals surface area (Å²) < 4.78 is 12.9. The van der Waals surface area contributed by atoms with Crippen LogP contribution in [0.5, 0.6) is 0 Å².